The van der Waals surface area contributed by atoms with Crippen molar-refractivity contribution >= 4 is 0 Å². The van der Waals surface area contributed by atoms with Crippen LogP contribution in [-0.4, -0.2) is 20.6 Å². The van der Waals surface area contributed by atoms with Gasteiger partial charge in [0.25, 0.3) is 0 Å². The van der Waals surface area contributed by atoms with E-state index in [1.165, 1.54) is 7.05 Å². The van der Waals surface area contributed by atoms with Gasteiger partial charge in [0.05, 0.1) is 0 Å². The van der Waals surface area contributed by atoms with E-state index in [1.54, 1.807) is 7.05 Å². The first-order valence-corrected chi connectivity index (χ1v) is 1.97. The summed E-state index contributed by atoms with van der Waals surface area (Å²) in [6.07, 6.45) is 0. The van der Waals surface area contributed by atoms with Crippen LogP contribution in [0.2, 0.25) is 0 Å². The van der Waals surface area contributed by atoms with Gasteiger partial charge in [-0.25, -0.2) is 0 Å². The number of nitrogens with zero attached hydrogens (tertiary/aromatic N) is 1. The third kappa shape index (κ3) is 109. The van der Waals surface area contributed by atoms with Crippen LogP contribution in [0.1, 0.15) is 21.8 Å². The first-order chi connectivity index (χ1) is 2.91. The van der Waals surface area contributed by atoms with Gasteiger partial charge in [-0.1, -0.05) is 21.8 Å². The van der Waals surface area contributed by atoms with Gasteiger partial charge in [0.15, 0.2) is 0 Å². The number of nitrogens with one attached hydrogen (secondary N) is 1. The van der Waals surface area contributed by atoms with Crippen molar-refractivity contribution in [3.8, 4) is 0 Å². The molecule has 1 radical (unpaired) electrons. The average Bonchev–Trinajstić information content (AvgIpc) is 1.72. The SMILES string of the molecule is C.C.CC[N-]C.C[NH-].[Y]. The molecule has 0 bridgehead atoms. The summed E-state index contributed by atoms with van der Waals surface area (Å²) in [6, 6.07) is 0. The van der Waals surface area contributed by atoms with Crippen LogP contribution in [0.5, 0.6) is 0 Å². The molecule has 0 unspecified atom stereocenters. The smallest absolute Gasteiger partial charge is 0 e. The van der Waals surface area contributed by atoms with Crippen molar-refractivity contribution in [1.82, 2.24) is 0 Å². The van der Waals surface area contributed by atoms with Crippen LogP contribution in [-0.2, 0) is 32.7 Å². The monoisotopic (exact) mass is 209 g/mol. The van der Waals surface area contributed by atoms with Gasteiger partial charge in [0, 0.05) is 32.7 Å². The van der Waals surface area contributed by atoms with E-state index in [0.29, 0.717) is 0 Å². The van der Waals surface area contributed by atoms with Crippen LogP contribution in [0.15, 0.2) is 0 Å². The van der Waals surface area contributed by atoms with Crippen LogP contribution in [0, 0.1) is 0 Å². The van der Waals surface area contributed by atoms with Gasteiger partial charge in [-0.3, -0.25) is 0 Å². The second-order valence-corrected chi connectivity index (χ2v) is 0.632. The van der Waals surface area contributed by atoms with Crippen molar-refractivity contribution in [2.75, 3.05) is 20.6 Å². The quantitative estimate of drug-likeness (QED) is 0.636. The second kappa shape index (κ2) is 63.5. The van der Waals surface area contributed by atoms with Crippen LogP contribution in [0.4, 0.5) is 0 Å². The predicted molar refractivity (Wildman–Crippen MR) is 43.5 cm³/mol. The van der Waals surface area contributed by atoms with Gasteiger partial charge in [-0.15, -0.1) is 0 Å². The van der Waals surface area contributed by atoms with Gasteiger partial charge >= 0.3 is 0 Å². The Morgan fingerprint density at radius 2 is 1.33 bits per heavy atom. The molecule has 3 heteroatoms. The molecule has 0 aliphatic carbocycles. The molecule has 0 fully saturated rings. The maximum absolute atomic E-state index is 5.75. The molecular weight excluding hydrogens is 189 g/mol. The van der Waals surface area contributed by atoms with Crippen molar-refractivity contribution in [2.45, 2.75) is 21.8 Å². The summed E-state index contributed by atoms with van der Waals surface area (Å²) in [5, 5.41) is 3.74. The number of rotatable bonds is 1. The molecule has 0 atom stereocenters. The molecule has 0 aliphatic heterocycles. The Hall–Kier alpha value is 1.02. The number of hydrogen-bond donors (Lipinski definition) is 0. The molecule has 0 aromatic heterocycles. The molecule has 1 N–H and O–H groups in total. The van der Waals surface area contributed by atoms with E-state index in [4.69, 9.17) is 5.73 Å². The minimum Gasteiger partial charge on any atom is -0.680 e. The third-order valence-corrected chi connectivity index (χ3v) is 0.316. The van der Waals surface area contributed by atoms with Crippen molar-refractivity contribution in [1.29, 1.82) is 0 Å². The average molecular weight is 209 g/mol. The van der Waals surface area contributed by atoms with E-state index in [1.807, 2.05) is 6.92 Å². The molecular formula is C6H20N2Y-2. The summed E-state index contributed by atoms with van der Waals surface area (Å²) in [4.78, 5) is 0. The molecule has 0 aromatic carbocycles. The van der Waals surface area contributed by atoms with Crippen LogP contribution in [0.25, 0.3) is 11.1 Å². The maximum Gasteiger partial charge on any atom is 0 e. The predicted octanol–water partition coefficient (Wildman–Crippen LogP) is 2.95. The van der Waals surface area contributed by atoms with Gasteiger partial charge in [0.2, 0.25) is 0 Å². The zero-order valence-corrected chi connectivity index (χ0v) is 8.07. The summed E-state index contributed by atoms with van der Waals surface area (Å²) < 4.78 is 0. The molecule has 0 rings (SSSR count). The standard InChI is InChI=1S/C3H8N.CH4N.2CH4.Y/c1-3-4-2;1-2;;;/h3H2,1-2H3;2H,1H3;2*1H4;/q2*-1;;;. The zero-order chi connectivity index (χ0) is 5.41. The molecule has 0 saturated heterocycles. The van der Waals surface area contributed by atoms with Gasteiger partial charge in [-0.2, -0.15) is 20.6 Å². The van der Waals surface area contributed by atoms with E-state index >= 15 is 0 Å². The van der Waals surface area contributed by atoms with Gasteiger partial charge < -0.3 is 11.1 Å². The summed E-state index contributed by atoms with van der Waals surface area (Å²) in [5.74, 6) is 0. The Bertz CT molecular complexity index is 13.0. The summed E-state index contributed by atoms with van der Waals surface area (Å²) in [5.41, 5.74) is 5.75. The van der Waals surface area contributed by atoms with Crippen molar-refractivity contribution in [2.24, 2.45) is 0 Å². The van der Waals surface area contributed by atoms with Crippen molar-refractivity contribution in [3.05, 3.63) is 11.1 Å². The van der Waals surface area contributed by atoms with Crippen molar-refractivity contribution in [3.63, 3.8) is 0 Å². The Balaban J connectivity index is -0.00000000990. The van der Waals surface area contributed by atoms with Gasteiger partial charge in [-0.05, 0) is 0 Å². The molecule has 0 amide bonds. The summed E-state index contributed by atoms with van der Waals surface area (Å²) >= 11 is 0. The molecule has 0 heterocycles. The number of hydrogen-bond acceptors (Lipinski definition) is 0. The van der Waals surface area contributed by atoms with Gasteiger partial charge in [0.1, 0.15) is 0 Å². The molecule has 59 valence electrons. The molecule has 0 spiro atoms. The normalized spacial score (nSPS) is 4.00. The van der Waals surface area contributed by atoms with Crippen molar-refractivity contribution < 1.29 is 32.7 Å². The van der Waals surface area contributed by atoms with E-state index in [9.17, 15) is 0 Å². The molecule has 2 nitrogen and oxygen atoms in total. The summed E-state index contributed by atoms with van der Waals surface area (Å²) in [6.45, 7) is 2.96. The molecule has 0 aliphatic rings. The largest absolute Gasteiger partial charge is 0.680 e. The molecule has 9 heavy (non-hydrogen) atoms. The topological polar surface area (TPSA) is 37.9 Å². The Morgan fingerprint density at radius 3 is 1.33 bits per heavy atom. The van der Waals surface area contributed by atoms with E-state index in [0.717, 1.165) is 6.54 Å². The third-order valence-electron chi connectivity index (χ3n) is 0.316. The Kier molecular flexibility index (Phi) is 228. The van der Waals surface area contributed by atoms with E-state index in [-0.39, 0.29) is 47.6 Å². The Labute approximate surface area is 85.9 Å². The summed E-state index contributed by atoms with van der Waals surface area (Å²) in [7, 11) is 3.06. The maximum atomic E-state index is 5.75. The minimum atomic E-state index is 0. The molecule has 0 aromatic rings. The fourth-order valence-corrected chi connectivity index (χ4v) is 0. The second-order valence-electron chi connectivity index (χ2n) is 0.632. The fraction of sp³-hybridized carbons (Fsp3) is 1.00. The first-order valence-electron chi connectivity index (χ1n) is 1.97. The van der Waals surface area contributed by atoms with Crippen LogP contribution >= 0.6 is 0 Å². The Morgan fingerprint density at radius 1 is 1.22 bits per heavy atom. The molecule has 0 saturated carbocycles. The first kappa shape index (κ1) is 32.3. The van der Waals surface area contributed by atoms with E-state index < -0.39 is 0 Å². The van der Waals surface area contributed by atoms with Crippen LogP contribution in [0.3, 0.4) is 0 Å². The minimum absolute atomic E-state index is 0. The fourth-order valence-electron chi connectivity index (χ4n) is 0. The van der Waals surface area contributed by atoms with Crippen LogP contribution < -0.4 is 0 Å². The van der Waals surface area contributed by atoms with E-state index in [2.05, 4.69) is 5.32 Å². The zero-order valence-electron chi connectivity index (χ0n) is 5.23.